The van der Waals surface area contributed by atoms with Gasteiger partial charge in [0.2, 0.25) is 5.91 Å². The maximum absolute atomic E-state index is 12.7. The molecule has 0 fully saturated rings. The summed E-state index contributed by atoms with van der Waals surface area (Å²) in [5, 5.41) is 25.8. The smallest absolute Gasteiger partial charge is 0.328 e. The Morgan fingerprint density at radius 2 is 1.86 bits per heavy atom. The topological polar surface area (TPSA) is 151 Å². The van der Waals surface area contributed by atoms with Crippen molar-refractivity contribution in [3.8, 4) is 0 Å². The highest BCUT2D eigenvalue weighted by Gasteiger charge is 2.28. The lowest BCUT2D eigenvalue weighted by atomic mass is 9.94. The van der Waals surface area contributed by atoms with Gasteiger partial charge in [-0.3, -0.25) is 9.59 Å². The summed E-state index contributed by atoms with van der Waals surface area (Å²) in [4.78, 5) is 41.5. The van der Waals surface area contributed by atoms with E-state index < -0.39 is 36.2 Å². The van der Waals surface area contributed by atoms with Crippen molar-refractivity contribution in [3.63, 3.8) is 0 Å². The predicted octanol–water partition coefficient (Wildman–Crippen LogP) is 1.84. The van der Waals surface area contributed by atoms with Gasteiger partial charge in [0, 0.05) is 18.9 Å². The number of oxazole rings is 1. The van der Waals surface area contributed by atoms with Gasteiger partial charge in [0.25, 0.3) is 5.91 Å². The number of ether oxygens (including phenoxy) is 1. The molecule has 0 aliphatic carbocycles. The molecule has 1 aromatic heterocycles. The number of nitrogens with one attached hydrogen (secondary N) is 2. The fourth-order valence-electron chi connectivity index (χ4n) is 3.73. The van der Waals surface area contributed by atoms with Gasteiger partial charge in [-0.1, -0.05) is 50.6 Å². The van der Waals surface area contributed by atoms with Gasteiger partial charge in [0.15, 0.2) is 11.6 Å². The predicted molar refractivity (Wildman–Crippen MR) is 133 cm³/mol. The molecule has 1 unspecified atom stereocenters. The van der Waals surface area contributed by atoms with Gasteiger partial charge < -0.3 is 30.0 Å². The molecule has 2 rings (SSSR count). The van der Waals surface area contributed by atoms with Gasteiger partial charge in [0.1, 0.15) is 18.4 Å². The molecule has 1 aliphatic rings. The second kappa shape index (κ2) is 13.7. The molecular formula is C26H37N3O7. The molecule has 10 nitrogen and oxygen atoms in total. The van der Waals surface area contributed by atoms with Crippen LogP contribution in [0.4, 0.5) is 0 Å². The number of esters is 1. The van der Waals surface area contributed by atoms with Gasteiger partial charge in [-0.05, 0) is 25.8 Å². The monoisotopic (exact) mass is 503 g/mol. The van der Waals surface area contributed by atoms with E-state index in [0.29, 0.717) is 0 Å². The molecule has 10 heteroatoms. The lowest BCUT2D eigenvalue weighted by Gasteiger charge is -2.27. The van der Waals surface area contributed by atoms with E-state index >= 15 is 0 Å². The lowest BCUT2D eigenvalue weighted by molar-refractivity contribution is -0.155. The number of aliphatic hydroxyl groups is 2. The average molecular weight is 504 g/mol. The van der Waals surface area contributed by atoms with Crippen LogP contribution in [0.15, 0.2) is 46.6 Å². The maximum atomic E-state index is 12.7. The minimum atomic E-state index is -0.959. The number of nitrogens with zero attached hydrogens (tertiary/aromatic N) is 1. The van der Waals surface area contributed by atoms with E-state index in [1.807, 2.05) is 20.8 Å². The number of carbonyl (C=O) groups is 3. The van der Waals surface area contributed by atoms with E-state index in [0.717, 1.165) is 11.8 Å². The third-order valence-corrected chi connectivity index (χ3v) is 5.62. The summed E-state index contributed by atoms with van der Waals surface area (Å²) in [6.45, 7) is 9.24. The number of allylic oxidation sites excluding steroid dienone is 2. The van der Waals surface area contributed by atoms with Crippen LogP contribution in [0.5, 0.6) is 0 Å². The van der Waals surface area contributed by atoms with E-state index in [1.165, 1.54) is 13.0 Å². The van der Waals surface area contributed by atoms with Crippen LogP contribution in [0.25, 0.3) is 0 Å². The molecule has 2 bridgehead atoms. The zero-order valence-corrected chi connectivity index (χ0v) is 21.4. The van der Waals surface area contributed by atoms with Gasteiger partial charge in [-0.15, -0.1) is 0 Å². The quantitative estimate of drug-likeness (QED) is 0.424. The van der Waals surface area contributed by atoms with E-state index in [-0.39, 0.29) is 48.7 Å². The lowest BCUT2D eigenvalue weighted by Crippen LogP contribution is -2.42. The Kier molecular flexibility index (Phi) is 11.1. The minimum Gasteiger partial charge on any atom is -0.460 e. The van der Waals surface area contributed by atoms with Crippen molar-refractivity contribution >= 4 is 17.8 Å². The molecule has 4 N–H and O–H groups in total. The number of aliphatic hydroxyl groups excluding tert-OH is 2. The van der Waals surface area contributed by atoms with Crippen molar-refractivity contribution < 1.29 is 33.8 Å². The Morgan fingerprint density at radius 3 is 2.56 bits per heavy atom. The third-order valence-electron chi connectivity index (χ3n) is 5.62. The molecule has 36 heavy (non-hydrogen) atoms. The molecule has 2 amide bonds. The van der Waals surface area contributed by atoms with Crippen LogP contribution < -0.4 is 10.6 Å². The fourth-order valence-corrected chi connectivity index (χ4v) is 3.73. The molecule has 0 radical (unpaired) electrons. The Balaban J connectivity index is 2.24. The van der Waals surface area contributed by atoms with E-state index in [4.69, 9.17) is 9.15 Å². The van der Waals surface area contributed by atoms with Crippen LogP contribution in [-0.2, 0) is 20.7 Å². The third kappa shape index (κ3) is 9.43. The first-order chi connectivity index (χ1) is 17.0. The normalized spacial score (nSPS) is 30.9. The first-order valence-corrected chi connectivity index (χ1v) is 12.1. The Labute approximate surface area is 211 Å². The first-order valence-electron chi connectivity index (χ1n) is 12.1. The zero-order valence-electron chi connectivity index (χ0n) is 21.4. The van der Waals surface area contributed by atoms with Crippen molar-refractivity contribution in [2.45, 2.75) is 71.8 Å². The standard InChI is InChI=1S/C26H37N3O7/c1-15(2)24-17(4)8-9-22(32)27-10-6-7-16(3)11-19(30)12-20(31)13-23-29-21(14-35-23)25(33)28-18(5)26(34)36-24/h6-9,11,14-15,17-20,24,30-31H,10,12-13H2,1-5H3,(H,27,32)(H,28,33)/b7-6+,9-8+,16-11+/t17-,18-,19-,20-,24?/m1/s1. The molecule has 0 saturated carbocycles. The van der Waals surface area contributed by atoms with Crippen LogP contribution >= 0.6 is 0 Å². The zero-order chi connectivity index (χ0) is 26.8. The highest BCUT2D eigenvalue weighted by atomic mass is 16.5. The Morgan fingerprint density at radius 1 is 1.14 bits per heavy atom. The summed E-state index contributed by atoms with van der Waals surface area (Å²) in [6.07, 6.45) is 6.98. The van der Waals surface area contributed by atoms with Gasteiger partial charge in [-0.25, -0.2) is 9.78 Å². The van der Waals surface area contributed by atoms with Crippen molar-refractivity contribution in [3.05, 3.63) is 53.8 Å². The molecule has 1 aliphatic heterocycles. The number of aromatic nitrogens is 1. The second-order valence-electron chi connectivity index (χ2n) is 9.40. The summed E-state index contributed by atoms with van der Waals surface area (Å²) in [7, 11) is 0. The molecule has 0 saturated heterocycles. The van der Waals surface area contributed by atoms with Crippen LogP contribution in [-0.4, -0.2) is 63.9 Å². The number of fused-ring (bicyclic) bond motifs is 2. The van der Waals surface area contributed by atoms with Crippen molar-refractivity contribution in [2.24, 2.45) is 11.8 Å². The van der Waals surface area contributed by atoms with Crippen molar-refractivity contribution in [1.82, 2.24) is 15.6 Å². The van der Waals surface area contributed by atoms with Crippen molar-refractivity contribution in [1.29, 1.82) is 0 Å². The van der Waals surface area contributed by atoms with E-state index in [1.54, 1.807) is 31.2 Å². The highest BCUT2D eigenvalue weighted by Crippen LogP contribution is 2.19. The van der Waals surface area contributed by atoms with Gasteiger partial charge in [0.05, 0.1) is 18.6 Å². The van der Waals surface area contributed by atoms with Gasteiger partial charge in [-0.2, -0.15) is 0 Å². The van der Waals surface area contributed by atoms with Crippen LogP contribution in [0, 0.1) is 11.8 Å². The first kappa shape index (κ1) is 29.0. The molecule has 5 atom stereocenters. The summed E-state index contributed by atoms with van der Waals surface area (Å²) >= 11 is 0. The number of hydrogen-bond acceptors (Lipinski definition) is 8. The van der Waals surface area contributed by atoms with Crippen LogP contribution in [0.3, 0.4) is 0 Å². The average Bonchev–Trinajstić information content (AvgIpc) is 3.25. The molecule has 1 aromatic rings. The summed E-state index contributed by atoms with van der Waals surface area (Å²) in [5.41, 5.74) is 0.719. The largest absolute Gasteiger partial charge is 0.460 e. The van der Waals surface area contributed by atoms with Gasteiger partial charge >= 0.3 is 5.97 Å². The Hall–Kier alpha value is -3.24. The van der Waals surface area contributed by atoms with Crippen molar-refractivity contribution in [2.75, 3.05) is 6.54 Å². The number of hydrogen-bond donors (Lipinski definition) is 4. The molecule has 198 valence electrons. The van der Waals surface area contributed by atoms with Crippen LogP contribution in [0.1, 0.15) is 57.4 Å². The Bertz CT molecular complexity index is 995. The van der Waals surface area contributed by atoms with E-state index in [2.05, 4.69) is 15.6 Å². The molecule has 0 aromatic carbocycles. The number of cyclic esters (lactones) is 1. The fraction of sp³-hybridized carbons (Fsp3) is 0.538. The minimum absolute atomic E-state index is 0.00233. The summed E-state index contributed by atoms with van der Waals surface area (Å²) < 4.78 is 10.9. The van der Waals surface area contributed by atoms with Crippen LogP contribution in [0.2, 0.25) is 0 Å². The number of rotatable bonds is 1. The number of amides is 2. The summed E-state index contributed by atoms with van der Waals surface area (Å²) in [5.74, 6) is -1.70. The highest BCUT2D eigenvalue weighted by molar-refractivity contribution is 5.94. The molecular weight excluding hydrogens is 466 g/mol. The SMILES string of the molecule is CC1=C\[C@@H](O)C[C@@H](O)Cc2nc(co2)C(=O)N[C@H](C)C(=O)OC(C(C)C)[C@H](C)/C=C/C(=O)NC\C=C\1. The van der Waals surface area contributed by atoms with E-state index in [9.17, 15) is 24.6 Å². The second-order valence-corrected chi connectivity index (χ2v) is 9.40. The molecule has 2 heterocycles. The maximum Gasteiger partial charge on any atom is 0.328 e. The number of carbonyl (C=O) groups excluding carboxylic acids is 3. The molecule has 0 spiro atoms. The summed E-state index contributed by atoms with van der Waals surface area (Å²) in [6, 6.07) is -0.956.